The Morgan fingerprint density at radius 2 is 1.94 bits per heavy atom. The van der Waals surface area contributed by atoms with Crippen molar-refractivity contribution >= 4 is 23.6 Å². The molecule has 5 nitrogen and oxygen atoms in total. The van der Waals surface area contributed by atoms with Crippen molar-refractivity contribution in [3.05, 3.63) is 24.3 Å². The van der Waals surface area contributed by atoms with Crippen LogP contribution in [-0.4, -0.2) is 33.9 Å². The van der Waals surface area contributed by atoms with E-state index in [1.807, 2.05) is 0 Å². The van der Waals surface area contributed by atoms with Crippen LogP contribution >= 0.6 is 11.8 Å². The highest BCUT2D eigenvalue weighted by Gasteiger charge is 2.13. The Hall–Kier alpha value is -1.69. The standard InChI is InChI=1S/C11H13NO4S/c1-7(11(15)16)12-10(14)6-17-9-4-2-8(13)3-5-9/h2-5,7,13H,6H2,1H3,(H,12,14)(H,15,16)/t7-/m0/s1. The molecule has 0 aliphatic carbocycles. The highest BCUT2D eigenvalue weighted by molar-refractivity contribution is 8.00. The quantitative estimate of drug-likeness (QED) is 0.685. The van der Waals surface area contributed by atoms with E-state index in [1.165, 1.54) is 30.8 Å². The molecule has 0 spiro atoms. The zero-order valence-corrected chi connectivity index (χ0v) is 10.0. The average Bonchev–Trinajstić information content (AvgIpc) is 2.28. The van der Waals surface area contributed by atoms with Gasteiger partial charge in [-0.1, -0.05) is 0 Å². The molecule has 1 aromatic carbocycles. The van der Waals surface area contributed by atoms with Gasteiger partial charge < -0.3 is 15.5 Å². The number of carboxylic acid groups (broad SMARTS) is 1. The lowest BCUT2D eigenvalue weighted by Crippen LogP contribution is -2.39. The smallest absolute Gasteiger partial charge is 0.325 e. The lowest BCUT2D eigenvalue weighted by molar-refractivity contribution is -0.140. The average molecular weight is 255 g/mol. The second-order valence-electron chi connectivity index (χ2n) is 3.41. The molecule has 1 aromatic rings. The normalized spacial score (nSPS) is 11.8. The van der Waals surface area contributed by atoms with E-state index in [0.717, 1.165) is 4.90 Å². The number of carboxylic acids is 1. The summed E-state index contributed by atoms with van der Waals surface area (Å²) < 4.78 is 0. The molecular weight excluding hydrogens is 242 g/mol. The molecule has 0 heterocycles. The lowest BCUT2D eigenvalue weighted by Gasteiger charge is -2.08. The van der Waals surface area contributed by atoms with E-state index in [-0.39, 0.29) is 17.4 Å². The van der Waals surface area contributed by atoms with Crippen LogP contribution in [0.2, 0.25) is 0 Å². The number of hydrogen-bond acceptors (Lipinski definition) is 4. The van der Waals surface area contributed by atoms with Crippen LogP contribution in [-0.2, 0) is 9.59 Å². The minimum Gasteiger partial charge on any atom is -0.508 e. The summed E-state index contributed by atoms with van der Waals surface area (Å²) in [6.45, 7) is 1.41. The predicted octanol–water partition coefficient (Wildman–Crippen LogP) is 1.07. The van der Waals surface area contributed by atoms with Gasteiger partial charge in [-0.15, -0.1) is 11.8 Å². The number of aromatic hydroxyl groups is 1. The Morgan fingerprint density at radius 1 is 1.35 bits per heavy atom. The molecule has 0 bridgehead atoms. The number of rotatable bonds is 5. The Kier molecular flexibility index (Phi) is 4.84. The summed E-state index contributed by atoms with van der Waals surface area (Å²) >= 11 is 1.27. The molecule has 0 aliphatic rings. The van der Waals surface area contributed by atoms with Crippen molar-refractivity contribution in [3.63, 3.8) is 0 Å². The van der Waals surface area contributed by atoms with Crippen molar-refractivity contribution in [2.75, 3.05) is 5.75 Å². The number of hydrogen-bond donors (Lipinski definition) is 3. The summed E-state index contributed by atoms with van der Waals surface area (Å²) in [5.74, 6) is -1.09. The van der Waals surface area contributed by atoms with Gasteiger partial charge in [0.15, 0.2) is 0 Å². The van der Waals surface area contributed by atoms with Crippen molar-refractivity contribution in [2.45, 2.75) is 17.9 Å². The van der Waals surface area contributed by atoms with Gasteiger partial charge in [-0.3, -0.25) is 9.59 Å². The lowest BCUT2D eigenvalue weighted by atomic mass is 10.3. The first-order chi connectivity index (χ1) is 7.99. The van der Waals surface area contributed by atoms with Crippen LogP contribution in [0.5, 0.6) is 5.75 Å². The maximum atomic E-state index is 11.4. The first-order valence-electron chi connectivity index (χ1n) is 4.93. The number of carbonyl (C=O) groups is 2. The third-order valence-corrected chi connectivity index (χ3v) is 2.97. The third kappa shape index (κ3) is 4.78. The maximum Gasteiger partial charge on any atom is 0.325 e. The van der Waals surface area contributed by atoms with Crippen LogP contribution in [0.3, 0.4) is 0 Å². The van der Waals surface area contributed by atoms with Crippen molar-refractivity contribution in [2.24, 2.45) is 0 Å². The monoisotopic (exact) mass is 255 g/mol. The summed E-state index contributed by atoms with van der Waals surface area (Å²) in [4.78, 5) is 22.7. The second-order valence-corrected chi connectivity index (χ2v) is 4.46. The third-order valence-electron chi connectivity index (χ3n) is 1.95. The number of thioether (sulfide) groups is 1. The van der Waals surface area contributed by atoms with Gasteiger partial charge in [0.1, 0.15) is 11.8 Å². The summed E-state index contributed by atoms with van der Waals surface area (Å²) in [7, 11) is 0. The van der Waals surface area contributed by atoms with Crippen LogP contribution in [0.4, 0.5) is 0 Å². The molecule has 0 saturated heterocycles. The van der Waals surface area contributed by atoms with E-state index in [1.54, 1.807) is 12.1 Å². The number of benzene rings is 1. The van der Waals surface area contributed by atoms with E-state index in [4.69, 9.17) is 10.2 Å². The molecular formula is C11H13NO4S. The molecule has 92 valence electrons. The zero-order valence-electron chi connectivity index (χ0n) is 9.21. The van der Waals surface area contributed by atoms with Crippen LogP contribution in [0.1, 0.15) is 6.92 Å². The number of amides is 1. The molecule has 0 saturated carbocycles. The highest BCUT2D eigenvalue weighted by atomic mass is 32.2. The second kappa shape index (κ2) is 6.15. The molecule has 6 heteroatoms. The summed E-state index contributed by atoms with van der Waals surface area (Å²) in [6, 6.07) is 5.55. The van der Waals surface area contributed by atoms with Crippen molar-refractivity contribution in [1.82, 2.24) is 5.32 Å². The minimum atomic E-state index is -1.06. The summed E-state index contributed by atoms with van der Waals surface area (Å²) in [5.41, 5.74) is 0. The number of carbonyl (C=O) groups excluding carboxylic acids is 1. The van der Waals surface area contributed by atoms with Crippen LogP contribution in [0.25, 0.3) is 0 Å². The molecule has 0 aromatic heterocycles. The fraction of sp³-hybridized carbons (Fsp3) is 0.273. The van der Waals surface area contributed by atoms with Gasteiger partial charge in [-0.25, -0.2) is 0 Å². The molecule has 17 heavy (non-hydrogen) atoms. The van der Waals surface area contributed by atoms with Gasteiger partial charge in [0.2, 0.25) is 5.91 Å². The summed E-state index contributed by atoms with van der Waals surface area (Å²) in [5, 5.41) is 20.0. The first-order valence-corrected chi connectivity index (χ1v) is 5.91. The van der Waals surface area contributed by atoms with Gasteiger partial charge >= 0.3 is 5.97 Å². The van der Waals surface area contributed by atoms with E-state index in [2.05, 4.69) is 5.32 Å². The number of aliphatic carboxylic acids is 1. The van der Waals surface area contributed by atoms with Gasteiger partial charge in [0.05, 0.1) is 5.75 Å². The molecule has 0 aliphatic heterocycles. The van der Waals surface area contributed by atoms with Crippen molar-refractivity contribution in [3.8, 4) is 5.75 Å². The zero-order chi connectivity index (χ0) is 12.8. The molecule has 1 amide bonds. The molecule has 1 rings (SSSR count). The van der Waals surface area contributed by atoms with Crippen molar-refractivity contribution < 1.29 is 19.8 Å². The van der Waals surface area contributed by atoms with Gasteiger partial charge in [-0.05, 0) is 31.2 Å². The summed E-state index contributed by atoms with van der Waals surface area (Å²) in [6.07, 6.45) is 0. The highest BCUT2D eigenvalue weighted by Crippen LogP contribution is 2.20. The van der Waals surface area contributed by atoms with E-state index >= 15 is 0 Å². The van der Waals surface area contributed by atoms with Gasteiger partial charge in [-0.2, -0.15) is 0 Å². The van der Waals surface area contributed by atoms with E-state index in [9.17, 15) is 9.59 Å². The van der Waals surface area contributed by atoms with Gasteiger partial charge in [0, 0.05) is 4.90 Å². The van der Waals surface area contributed by atoms with E-state index < -0.39 is 12.0 Å². The van der Waals surface area contributed by atoms with Crippen molar-refractivity contribution in [1.29, 1.82) is 0 Å². The number of nitrogens with one attached hydrogen (secondary N) is 1. The topological polar surface area (TPSA) is 86.6 Å². The Bertz CT molecular complexity index is 404. The molecule has 0 unspecified atom stereocenters. The van der Waals surface area contributed by atoms with Crippen LogP contribution in [0.15, 0.2) is 29.2 Å². The minimum absolute atomic E-state index is 0.141. The fourth-order valence-corrected chi connectivity index (χ4v) is 1.75. The number of phenols is 1. The number of phenolic OH excluding ortho intramolecular Hbond substituents is 1. The Morgan fingerprint density at radius 3 is 2.47 bits per heavy atom. The SMILES string of the molecule is C[C@H](NC(=O)CSc1ccc(O)cc1)C(=O)O. The van der Waals surface area contributed by atoms with Crippen LogP contribution < -0.4 is 5.32 Å². The predicted molar refractivity (Wildman–Crippen MR) is 64.1 cm³/mol. The molecule has 3 N–H and O–H groups in total. The largest absolute Gasteiger partial charge is 0.508 e. The van der Waals surface area contributed by atoms with Gasteiger partial charge in [0.25, 0.3) is 0 Å². The Labute approximate surface area is 103 Å². The fourth-order valence-electron chi connectivity index (χ4n) is 1.04. The molecule has 0 radical (unpaired) electrons. The van der Waals surface area contributed by atoms with E-state index in [0.29, 0.717) is 0 Å². The first kappa shape index (κ1) is 13.4. The maximum absolute atomic E-state index is 11.4. The van der Waals surface area contributed by atoms with Crippen LogP contribution in [0, 0.1) is 0 Å². The molecule has 1 atom stereocenters. The molecule has 0 fully saturated rings. The Balaban J connectivity index is 2.38.